The Hall–Kier alpha value is 0.850. The fourth-order valence-electron chi connectivity index (χ4n) is 0.0504. The molecule has 0 aliphatic heterocycles. The molecule has 0 rings (SSSR count). The largest absolute Gasteiger partial charge is 0.243 e. The van der Waals surface area contributed by atoms with Crippen molar-refractivity contribution in [3.05, 3.63) is 0 Å². The maximum absolute atomic E-state index is 11.5. The summed E-state index contributed by atoms with van der Waals surface area (Å²) in [6, 6.07) is 0. The SMILES string of the molecule is [3H]P(F)[B][B]P([3H])F. The normalized spacial score (nSPS) is 23.0. The van der Waals surface area contributed by atoms with Crippen LogP contribution in [0.3, 0.4) is 0 Å². The highest BCUT2D eigenvalue weighted by molar-refractivity contribution is 7.92. The molecule has 0 aliphatic carbocycles. The van der Waals surface area contributed by atoms with E-state index in [1.165, 1.54) is 0 Å². The smallest absolute Gasteiger partial charge is 0.151 e. The molecule has 2 radical (unpaired) electrons. The molecule has 0 amide bonds. The Labute approximate surface area is 43.2 Å². The van der Waals surface area contributed by atoms with Crippen LogP contribution >= 0.6 is 17.4 Å². The predicted molar refractivity (Wildman–Crippen MR) is 30.4 cm³/mol. The molecule has 0 aromatic heterocycles. The molecule has 0 aliphatic rings. The molecular weight excluding hydrogens is 122 g/mol. The Balaban J connectivity index is 2.93. The summed E-state index contributed by atoms with van der Waals surface area (Å²) in [6.07, 6.45) is 0. The molecular formula is H2B2F2P2. The van der Waals surface area contributed by atoms with Crippen LogP contribution in [0.1, 0.15) is 0 Å². The van der Waals surface area contributed by atoms with Gasteiger partial charge in [-0.2, -0.15) is 0 Å². The third-order valence-corrected chi connectivity index (χ3v) is 0.938. The maximum Gasteiger partial charge on any atom is 0.151 e. The monoisotopic (exact) mass is 128 g/mol. The Morgan fingerprint density at radius 2 is 1.67 bits per heavy atom. The summed E-state index contributed by atoms with van der Waals surface area (Å²) in [7, 11) is -4.81. The lowest BCUT2D eigenvalue weighted by atomic mass is 9.76. The van der Waals surface area contributed by atoms with Gasteiger partial charge in [0.05, 0.1) is 2.56 Å². The molecule has 0 spiro atoms. The minimum atomic E-state index is -2.41. The minimum absolute atomic E-state index is 0.772. The summed E-state index contributed by atoms with van der Waals surface area (Å²) < 4.78 is 35.4. The lowest BCUT2D eigenvalue weighted by Gasteiger charge is -1.75. The minimum Gasteiger partial charge on any atom is -0.243 e. The Morgan fingerprint density at radius 1 is 1.33 bits per heavy atom. The van der Waals surface area contributed by atoms with Crippen molar-refractivity contribution in [3.63, 3.8) is 0 Å². The van der Waals surface area contributed by atoms with Crippen molar-refractivity contribution in [3.8, 4) is 0 Å². The third kappa shape index (κ3) is 4.85. The van der Waals surface area contributed by atoms with Crippen LogP contribution in [0.5, 0.6) is 0 Å². The van der Waals surface area contributed by atoms with Crippen LogP contribution < -0.4 is 0 Å². The Morgan fingerprint density at radius 3 is 1.83 bits per heavy atom. The van der Waals surface area contributed by atoms with Gasteiger partial charge in [0.1, 0.15) is 0 Å². The molecule has 0 nitrogen and oxygen atoms in total. The van der Waals surface area contributed by atoms with E-state index in [2.05, 4.69) is 0 Å². The fraction of sp³-hybridized carbons (Fsp3) is 0. The van der Waals surface area contributed by atoms with Gasteiger partial charge in [-0.05, 0) is 0 Å². The van der Waals surface area contributed by atoms with E-state index in [4.69, 9.17) is 2.56 Å². The fourth-order valence-corrected chi connectivity index (χ4v) is 0.454. The number of rotatable bonds is 3. The predicted octanol–water partition coefficient (Wildman–Crippen LogP) is 1.27. The zero-order valence-corrected chi connectivity index (χ0v) is 4.59. The molecule has 0 heterocycles. The summed E-state index contributed by atoms with van der Waals surface area (Å²) in [5.74, 6) is 0. The van der Waals surface area contributed by atoms with Crippen LogP contribution in [0.25, 0.3) is 0 Å². The molecule has 6 heteroatoms. The van der Waals surface area contributed by atoms with Gasteiger partial charge in [-0.15, -0.1) is 0 Å². The molecule has 0 fully saturated rings. The van der Waals surface area contributed by atoms with E-state index in [1.807, 2.05) is 0 Å². The molecule has 0 N–H and O–H groups in total. The molecule has 2 atom stereocenters. The van der Waals surface area contributed by atoms with Gasteiger partial charge >= 0.3 is 0 Å². The van der Waals surface area contributed by atoms with Gasteiger partial charge in [-0.25, -0.2) is 8.39 Å². The zero-order valence-electron chi connectivity index (χ0n) is 4.81. The molecule has 6 heavy (non-hydrogen) atoms. The molecule has 0 bridgehead atoms. The Kier molecular flexibility index (Phi) is 3.71. The van der Waals surface area contributed by atoms with E-state index in [1.54, 1.807) is 0 Å². The molecule has 0 aromatic carbocycles. The lowest BCUT2D eigenvalue weighted by molar-refractivity contribution is 0.933. The highest BCUT2D eigenvalue weighted by Gasteiger charge is 1.87. The second kappa shape index (κ2) is 5.85. The van der Waals surface area contributed by atoms with Gasteiger partial charge in [0, 0.05) is 17.4 Å². The highest BCUT2D eigenvalue weighted by atomic mass is 31.1. The van der Waals surface area contributed by atoms with Crippen molar-refractivity contribution < 1.29 is 8.39 Å². The summed E-state index contributed by atoms with van der Waals surface area (Å²) in [4.78, 5) is 0. The van der Waals surface area contributed by atoms with Crippen LogP contribution in [0.2, 0.25) is 0 Å². The molecule has 0 saturated heterocycles. The van der Waals surface area contributed by atoms with Crippen molar-refractivity contribution >= 4 is 31.2 Å². The second-order valence-electron chi connectivity index (χ2n) is 0.493. The average molecular weight is 128 g/mol. The highest BCUT2D eigenvalue weighted by Crippen LogP contribution is 2.12. The van der Waals surface area contributed by atoms with Gasteiger partial charge in [0.15, 0.2) is 13.8 Å². The zero-order chi connectivity index (χ0) is 6.57. The van der Waals surface area contributed by atoms with Crippen LogP contribution in [0.15, 0.2) is 0 Å². The summed E-state index contributed by atoms with van der Waals surface area (Å²) in [5.41, 5.74) is 0. The first-order valence-corrected chi connectivity index (χ1v) is 2.90. The molecule has 0 saturated carbocycles. The standard InChI is InChI=1S/B2F2H2P2/c3-5-1-2-6-4/h5-6H/i5T,6T. The van der Waals surface area contributed by atoms with E-state index >= 15 is 0 Å². The van der Waals surface area contributed by atoms with Gasteiger partial charge < -0.3 is 0 Å². The summed E-state index contributed by atoms with van der Waals surface area (Å²) in [6.45, 7) is 1.54. The topological polar surface area (TPSA) is 0 Å². The summed E-state index contributed by atoms with van der Waals surface area (Å²) in [5, 5.41) is 0. The Bertz CT molecular complexity index is 52.0. The first-order chi connectivity index (χ1) is 3.63. The van der Waals surface area contributed by atoms with E-state index in [0.29, 0.717) is 0 Å². The number of hydrogen-bond acceptors (Lipinski definition) is 0. The van der Waals surface area contributed by atoms with Crippen molar-refractivity contribution in [1.29, 1.82) is 2.56 Å². The van der Waals surface area contributed by atoms with Crippen LogP contribution in [-0.2, 0) is 0 Å². The van der Waals surface area contributed by atoms with Crippen molar-refractivity contribution in [2.75, 3.05) is 0 Å². The van der Waals surface area contributed by atoms with Crippen LogP contribution in [0, 0.1) is 0 Å². The number of halogens is 2. The van der Waals surface area contributed by atoms with Gasteiger partial charge in [0.2, 0.25) is 0 Å². The third-order valence-electron chi connectivity index (χ3n) is 0.179. The van der Waals surface area contributed by atoms with Crippen molar-refractivity contribution in [2.45, 2.75) is 0 Å². The average Bonchev–Trinajstić information content (AvgIpc) is 1.61. The lowest BCUT2D eigenvalue weighted by Crippen LogP contribution is -1.83. The second-order valence-corrected chi connectivity index (χ2v) is 1.48. The van der Waals surface area contributed by atoms with Crippen molar-refractivity contribution in [2.24, 2.45) is 0 Å². The van der Waals surface area contributed by atoms with E-state index in [0.717, 1.165) is 13.8 Å². The number of hydrogen-bond donors (Lipinski definition) is 0. The van der Waals surface area contributed by atoms with Crippen molar-refractivity contribution in [1.82, 2.24) is 0 Å². The van der Waals surface area contributed by atoms with E-state index in [9.17, 15) is 8.39 Å². The van der Waals surface area contributed by atoms with E-state index < -0.39 is 17.4 Å². The molecule has 32 valence electrons. The van der Waals surface area contributed by atoms with E-state index in [-0.39, 0.29) is 0 Å². The van der Waals surface area contributed by atoms with Gasteiger partial charge in [-0.3, -0.25) is 0 Å². The van der Waals surface area contributed by atoms with Gasteiger partial charge in [0.25, 0.3) is 0 Å². The van der Waals surface area contributed by atoms with Gasteiger partial charge in [-0.1, -0.05) is 0 Å². The first-order valence-electron chi connectivity index (χ1n) is 2.08. The van der Waals surface area contributed by atoms with Crippen LogP contribution in [-0.4, -0.2) is 16.3 Å². The summed E-state index contributed by atoms with van der Waals surface area (Å²) >= 11 is 0. The first kappa shape index (κ1) is 3.80. The molecule has 2 unspecified atom stereocenters. The quantitative estimate of drug-likeness (QED) is 0.396. The molecule has 0 aromatic rings. The maximum atomic E-state index is 11.5. The van der Waals surface area contributed by atoms with Crippen LogP contribution in [0.4, 0.5) is 8.39 Å².